The minimum absolute atomic E-state index is 0.310. The summed E-state index contributed by atoms with van der Waals surface area (Å²) in [6, 6.07) is 8.47. The zero-order chi connectivity index (χ0) is 19.0. The predicted octanol–water partition coefficient (Wildman–Crippen LogP) is 3.42. The summed E-state index contributed by atoms with van der Waals surface area (Å²) in [5, 5.41) is 0. The topological polar surface area (TPSA) is 42.8 Å². The van der Waals surface area contributed by atoms with E-state index in [1.807, 2.05) is 18.3 Å². The molecule has 0 bridgehead atoms. The number of aromatic nitrogens is 2. The number of methoxy groups -OCH3 is 1. The number of nitrogens with zero attached hydrogens (tertiary/aromatic N) is 4. The van der Waals surface area contributed by atoms with Crippen LogP contribution < -0.4 is 9.64 Å². The largest absolute Gasteiger partial charge is 0.497 e. The second-order valence-corrected chi connectivity index (χ2v) is 7.08. The predicted molar refractivity (Wildman–Crippen MR) is 107 cm³/mol. The third-order valence-electron chi connectivity index (χ3n) is 5.26. The van der Waals surface area contributed by atoms with Crippen LogP contribution in [0.1, 0.15) is 25.1 Å². The molecule has 0 aliphatic carbocycles. The average Bonchev–Trinajstić information content (AvgIpc) is 3.09. The van der Waals surface area contributed by atoms with Crippen LogP contribution in [0.25, 0.3) is 11.9 Å². The molecule has 0 saturated carbocycles. The molecule has 1 aromatic carbocycles. The van der Waals surface area contributed by atoms with Gasteiger partial charge in [0.05, 0.1) is 44.0 Å². The zero-order valence-corrected chi connectivity index (χ0v) is 16.2. The first-order valence-electron chi connectivity index (χ1n) is 9.28. The van der Waals surface area contributed by atoms with Gasteiger partial charge in [0.25, 0.3) is 0 Å². The van der Waals surface area contributed by atoms with E-state index in [4.69, 9.17) is 14.5 Å². The molecule has 1 fully saturated rings. The van der Waals surface area contributed by atoms with E-state index >= 15 is 0 Å². The summed E-state index contributed by atoms with van der Waals surface area (Å²) in [7, 11) is 1.68. The maximum absolute atomic E-state index is 5.57. The van der Waals surface area contributed by atoms with Crippen molar-refractivity contribution in [3.63, 3.8) is 0 Å². The van der Waals surface area contributed by atoms with E-state index in [2.05, 4.69) is 53.1 Å². The molecule has 0 radical (unpaired) electrons. The normalized spacial score (nSPS) is 19.7. The Balaban J connectivity index is 1.60. The van der Waals surface area contributed by atoms with Gasteiger partial charge in [-0.15, -0.1) is 0 Å². The van der Waals surface area contributed by atoms with E-state index in [0.29, 0.717) is 6.04 Å². The third-order valence-corrected chi connectivity index (χ3v) is 5.26. The average molecular weight is 366 g/mol. The van der Waals surface area contributed by atoms with Crippen LogP contribution in [0, 0.1) is 0 Å². The van der Waals surface area contributed by atoms with Crippen LogP contribution in [0.3, 0.4) is 0 Å². The third kappa shape index (κ3) is 3.21. The van der Waals surface area contributed by atoms with Gasteiger partial charge >= 0.3 is 0 Å². The molecule has 0 spiro atoms. The van der Waals surface area contributed by atoms with Gasteiger partial charge in [-0.25, -0.2) is 4.98 Å². The lowest BCUT2D eigenvalue weighted by Crippen LogP contribution is -2.45. The molecule has 27 heavy (non-hydrogen) atoms. The highest BCUT2D eigenvalue weighted by Gasteiger charge is 2.28. The number of allylic oxidation sites excluding steroid dienone is 1. The zero-order valence-electron chi connectivity index (χ0n) is 16.2. The first-order valence-corrected chi connectivity index (χ1v) is 9.28. The molecule has 6 heteroatoms. The van der Waals surface area contributed by atoms with E-state index in [-0.39, 0.29) is 0 Å². The second kappa shape index (κ2) is 7.12. The Bertz CT molecular complexity index is 869. The van der Waals surface area contributed by atoms with Gasteiger partial charge in [0.1, 0.15) is 5.75 Å². The molecule has 1 atom stereocenters. The Hall–Kier alpha value is -2.73. The lowest BCUT2D eigenvalue weighted by Gasteiger charge is -2.36. The highest BCUT2D eigenvalue weighted by Crippen LogP contribution is 2.33. The number of anilines is 1. The smallest absolute Gasteiger partial charge is 0.210 e. The minimum Gasteiger partial charge on any atom is -0.497 e. The van der Waals surface area contributed by atoms with E-state index in [9.17, 15) is 0 Å². The second-order valence-electron chi connectivity index (χ2n) is 7.08. The van der Waals surface area contributed by atoms with Crippen molar-refractivity contribution in [3.8, 4) is 5.75 Å². The number of rotatable bonds is 4. The molecule has 1 saturated heterocycles. The quantitative estimate of drug-likeness (QED) is 0.829. The van der Waals surface area contributed by atoms with Gasteiger partial charge < -0.3 is 19.3 Å². The maximum atomic E-state index is 5.57. The van der Waals surface area contributed by atoms with Crippen molar-refractivity contribution >= 4 is 17.8 Å². The van der Waals surface area contributed by atoms with Crippen LogP contribution in [-0.4, -0.2) is 47.4 Å². The van der Waals surface area contributed by atoms with E-state index in [1.165, 1.54) is 5.56 Å². The van der Waals surface area contributed by atoms with Crippen LogP contribution in [0.5, 0.6) is 5.75 Å². The van der Waals surface area contributed by atoms with E-state index in [0.717, 1.165) is 55.1 Å². The van der Waals surface area contributed by atoms with Gasteiger partial charge in [-0.3, -0.25) is 4.57 Å². The molecule has 0 amide bonds. The number of benzene rings is 1. The number of fused-ring (bicyclic) bond motifs is 1. The fourth-order valence-corrected chi connectivity index (χ4v) is 3.67. The van der Waals surface area contributed by atoms with Crippen molar-refractivity contribution in [3.05, 3.63) is 54.0 Å². The molecule has 0 N–H and O–H groups in total. The molecule has 2 aliphatic rings. The SMILES string of the molecule is C=C1c2cnc(N3CCOC[C@@H]3C)n2C=C(C)N1Cc1ccc(OC)cc1. The summed E-state index contributed by atoms with van der Waals surface area (Å²) in [5.41, 5.74) is 4.34. The number of ether oxygens (including phenoxy) is 2. The van der Waals surface area contributed by atoms with Gasteiger partial charge in [-0.05, 0) is 31.5 Å². The highest BCUT2D eigenvalue weighted by atomic mass is 16.5. The maximum Gasteiger partial charge on any atom is 0.210 e. The van der Waals surface area contributed by atoms with Crippen molar-refractivity contribution in [2.75, 3.05) is 31.8 Å². The summed E-state index contributed by atoms with van der Waals surface area (Å²) in [6.45, 7) is 11.7. The van der Waals surface area contributed by atoms with Crippen LogP contribution >= 0.6 is 0 Å². The van der Waals surface area contributed by atoms with E-state index < -0.39 is 0 Å². The fraction of sp³-hybridized carbons (Fsp3) is 0.381. The molecule has 2 aromatic rings. The van der Waals surface area contributed by atoms with Crippen molar-refractivity contribution < 1.29 is 9.47 Å². The molecule has 142 valence electrons. The van der Waals surface area contributed by atoms with Crippen molar-refractivity contribution in [2.45, 2.75) is 26.4 Å². The van der Waals surface area contributed by atoms with E-state index in [1.54, 1.807) is 7.11 Å². The van der Waals surface area contributed by atoms with Gasteiger partial charge in [-0.2, -0.15) is 0 Å². The Kier molecular flexibility index (Phi) is 4.66. The lowest BCUT2D eigenvalue weighted by atomic mass is 10.1. The number of hydrogen-bond acceptors (Lipinski definition) is 5. The van der Waals surface area contributed by atoms with Crippen LogP contribution in [0.15, 0.2) is 42.7 Å². The minimum atomic E-state index is 0.310. The molecular formula is C21H26N4O2. The van der Waals surface area contributed by atoms with Crippen molar-refractivity contribution in [1.29, 1.82) is 0 Å². The van der Waals surface area contributed by atoms with Crippen LogP contribution in [-0.2, 0) is 11.3 Å². The fourth-order valence-electron chi connectivity index (χ4n) is 3.67. The van der Waals surface area contributed by atoms with Crippen LogP contribution in [0.4, 0.5) is 5.95 Å². The van der Waals surface area contributed by atoms with Crippen LogP contribution in [0.2, 0.25) is 0 Å². The summed E-state index contributed by atoms with van der Waals surface area (Å²) in [6.07, 6.45) is 4.07. The Labute approximate surface area is 160 Å². The molecule has 6 nitrogen and oxygen atoms in total. The molecule has 0 unspecified atom stereocenters. The Morgan fingerprint density at radius 1 is 1.30 bits per heavy atom. The Morgan fingerprint density at radius 3 is 2.78 bits per heavy atom. The molecule has 1 aromatic heterocycles. The molecule has 3 heterocycles. The summed E-state index contributed by atoms with van der Waals surface area (Å²) >= 11 is 0. The van der Waals surface area contributed by atoms with Gasteiger partial charge in [0.15, 0.2) is 0 Å². The number of imidazole rings is 1. The van der Waals surface area contributed by atoms with Crippen molar-refractivity contribution in [2.24, 2.45) is 0 Å². The van der Waals surface area contributed by atoms with Gasteiger partial charge in [0.2, 0.25) is 5.95 Å². The first kappa shape index (κ1) is 17.7. The summed E-state index contributed by atoms with van der Waals surface area (Å²) in [4.78, 5) is 9.24. The lowest BCUT2D eigenvalue weighted by molar-refractivity contribution is 0.0980. The van der Waals surface area contributed by atoms with Crippen molar-refractivity contribution in [1.82, 2.24) is 14.5 Å². The molecule has 2 aliphatic heterocycles. The first-order chi connectivity index (χ1) is 13.1. The van der Waals surface area contributed by atoms with Gasteiger partial charge in [0, 0.05) is 25.0 Å². The Morgan fingerprint density at radius 2 is 2.07 bits per heavy atom. The molecule has 4 rings (SSSR count). The number of hydrogen-bond donors (Lipinski definition) is 0. The molecular weight excluding hydrogens is 340 g/mol. The summed E-state index contributed by atoms with van der Waals surface area (Å²) in [5.74, 6) is 1.83. The summed E-state index contributed by atoms with van der Waals surface area (Å²) < 4.78 is 13.0. The monoisotopic (exact) mass is 366 g/mol. The van der Waals surface area contributed by atoms with Gasteiger partial charge in [-0.1, -0.05) is 18.7 Å². The standard InChI is InChI=1S/C21H26N4O2/c1-15-12-25-20(11-22-21(25)23-9-10-27-14-16(23)2)17(3)24(15)13-18-5-7-19(26-4)8-6-18/h5-8,11-12,16H,3,9-10,13-14H2,1-2,4H3/t16-/m0/s1. The highest BCUT2D eigenvalue weighted by molar-refractivity contribution is 5.70. The number of morpholine rings is 1.